The fourth-order valence-corrected chi connectivity index (χ4v) is 2.18. The number of rotatable bonds is 1. The van der Waals surface area contributed by atoms with Gasteiger partial charge in [-0.2, -0.15) is 0 Å². The monoisotopic (exact) mass is 233 g/mol. The van der Waals surface area contributed by atoms with Crippen LogP contribution in [0.5, 0.6) is 0 Å². The molecule has 0 spiro atoms. The number of fused-ring (bicyclic) bond motifs is 1. The lowest BCUT2D eigenvalue weighted by Crippen LogP contribution is -2.05. The topological polar surface area (TPSA) is 61.0 Å². The van der Waals surface area contributed by atoms with Crippen molar-refractivity contribution in [2.45, 2.75) is 18.9 Å². The van der Waals surface area contributed by atoms with Crippen molar-refractivity contribution in [3.05, 3.63) is 29.7 Å². The van der Waals surface area contributed by atoms with Crippen LogP contribution < -0.4 is 5.73 Å². The van der Waals surface area contributed by atoms with E-state index in [4.69, 9.17) is 10.5 Å². The maximum absolute atomic E-state index is 13.1. The molecule has 4 nitrogen and oxygen atoms in total. The Morgan fingerprint density at radius 2 is 2.24 bits per heavy atom. The number of hydrogen-bond donors (Lipinski definition) is 1. The highest BCUT2D eigenvalue weighted by Gasteiger charge is 2.22. The first-order valence-corrected chi connectivity index (χ1v) is 5.58. The van der Waals surface area contributed by atoms with Crippen LogP contribution in [0.15, 0.2) is 18.2 Å². The molecule has 0 saturated carbocycles. The second-order valence-corrected chi connectivity index (χ2v) is 4.13. The van der Waals surface area contributed by atoms with Crippen LogP contribution in [0.2, 0.25) is 0 Å². The quantitative estimate of drug-likeness (QED) is 0.820. The van der Waals surface area contributed by atoms with E-state index in [1.165, 1.54) is 12.1 Å². The van der Waals surface area contributed by atoms with Crippen LogP contribution in [-0.4, -0.2) is 16.6 Å². The summed E-state index contributed by atoms with van der Waals surface area (Å²) in [5.74, 6) is -0.164. The first-order valence-electron chi connectivity index (χ1n) is 5.58. The van der Waals surface area contributed by atoms with Gasteiger partial charge in [0, 0.05) is 18.1 Å². The highest BCUT2D eigenvalue weighted by molar-refractivity contribution is 5.82. The minimum Gasteiger partial charge on any atom is -0.372 e. The van der Waals surface area contributed by atoms with Gasteiger partial charge in [0.1, 0.15) is 11.9 Å². The van der Waals surface area contributed by atoms with Crippen LogP contribution in [0.1, 0.15) is 24.6 Å². The molecule has 1 atom stereocenters. The van der Waals surface area contributed by atoms with Crippen molar-refractivity contribution in [3.8, 4) is 0 Å². The zero-order valence-electron chi connectivity index (χ0n) is 9.19. The lowest BCUT2D eigenvalue weighted by molar-refractivity contribution is 0.110. The van der Waals surface area contributed by atoms with E-state index >= 15 is 0 Å². The summed E-state index contributed by atoms with van der Waals surface area (Å²) in [6.45, 7) is 0.733. The number of aromatic nitrogens is 2. The molecule has 0 aliphatic carbocycles. The first-order chi connectivity index (χ1) is 8.24. The molecular formula is C12H12FN3O. The van der Waals surface area contributed by atoms with Gasteiger partial charge in [-0.3, -0.25) is 0 Å². The number of benzene rings is 1. The summed E-state index contributed by atoms with van der Waals surface area (Å²) in [5.41, 5.74) is 6.94. The molecule has 2 N–H and O–H groups in total. The fourth-order valence-electron chi connectivity index (χ4n) is 2.18. The van der Waals surface area contributed by atoms with Gasteiger partial charge in [0.15, 0.2) is 0 Å². The average Bonchev–Trinajstić information content (AvgIpc) is 2.80. The number of ether oxygens (including phenoxy) is 1. The Bertz CT molecular complexity index is 562. The molecule has 1 unspecified atom stereocenters. The Labute approximate surface area is 97.6 Å². The molecule has 1 aromatic heterocycles. The Balaban J connectivity index is 2.21. The molecule has 1 saturated heterocycles. The van der Waals surface area contributed by atoms with Crippen LogP contribution in [0.3, 0.4) is 0 Å². The van der Waals surface area contributed by atoms with Gasteiger partial charge in [0.2, 0.25) is 5.95 Å². The van der Waals surface area contributed by atoms with Crippen LogP contribution in [0.4, 0.5) is 10.3 Å². The SMILES string of the molecule is Nc1nc(C2CCCO2)c2ccc(F)cc2n1. The number of hydrogen-bond acceptors (Lipinski definition) is 4. The van der Waals surface area contributed by atoms with Gasteiger partial charge >= 0.3 is 0 Å². The van der Waals surface area contributed by atoms with E-state index in [0.717, 1.165) is 30.5 Å². The number of anilines is 1. The van der Waals surface area contributed by atoms with Crippen molar-refractivity contribution in [1.29, 1.82) is 0 Å². The summed E-state index contributed by atoms with van der Waals surface area (Å²) in [6, 6.07) is 4.45. The van der Waals surface area contributed by atoms with Crippen molar-refractivity contribution in [3.63, 3.8) is 0 Å². The third-order valence-corrected chi connectivity index (χ3v) is 2.94. The Hall–Kier alpha value is -1.75. The predicted molar refractivity (Wildman–Crippen MR) is 61.8 cm³/mol. The highest BCUT2D eigenvalue weighted by Crippen LogP contribution is 2.32. The highest BCUT2D eigenvalue weighted by atomic mass is 19.1. The largest absolute Gasteiger partial charge is 0.372 e. The molecule has 1 fully saturated rings. The van der Waals surface area contributed by atoms with Crippen LogP contribution >= 0.6 is 0 Å². The number of nitrogens with two attached hydrogens (primary N) is 1. The zero-order chi connectivity index (χ0) is 11.8. The standard InChI is InChI=1S/C12H12FN3O/c13-7-3-4-8-9(6-7)15-12(14)16-11(8)10-2-1-5-17-10/h3-4,6,10H,1-2,5H2,(H2,14,15,16). The van der Waals surface area contributed by atoms with E-state index in [1.54, 1.807) is 6.07 Å². The summed E-state index contributed by atoms with van der Waals surface area (Å²) in [6.07, 6.45) is 1.88. The summed E-state index contributed by atoms with van der Waals surface area (Å²) >= 11 is 0. The van der Waals surface area contributed by atoms with Crippen molar-refractivity contribution in [2.24, 2.45) is 0 Å². The van der Waals surface area contributed by atoms with Gasteiger partial charge in [0.25, 0.3) is 0 Å². The minimum atomic E-state index is -0.325. The molecule has 1 aliphatic rings. The van der Waals surface area contributed by atoms with Gasteiger partial charge in [-0.05, 0) is 25.0 Å². The van der Waals surface area contributed by atoms with Crippen LogP contribution in [0, 0.1) is 5.82 Å². The first kappa shape index (κ1) is 10.4. The van der Waals surface area contributed by atoms with E-state index < -0.39 is 0 Å². The molecule has 0 bridgehead atoms. The van der Waals surface area contributed by atoms with Crippen molar-refractivity contribution < 1.29 is 9.13 Å². The van der Waals surface area contributed by atoms with E-state index in [1.807, 2.05) is 0 Å². The molecule has 0 amide bonds. The Morgan fingerprint density at radius 3 is 3.00 bits per heavy atom. The maximum Gasteiger partial charge on any atom is 0.220 e. The minimum absolute atomic E-state index is 0.0479. The summed E-state index contributed by atoms with van der Waals surface area (Å²) in [4.78, 5) is 8.27. The number of nitrogen functional groups attached to an aromatic ring is 1. The maximum atomic E-state index is 13.1. The molecule has 1 aliphatic heterocycles. The third-order valence-electron chi connectivity index (χ3n) is 2.94. The smallest absolute Gasteiger partial charge is 0.220 e. The molecular weight excluding hydrogens is 221 g/mol. The molecule has 17 heavy (non-hydrogen) atoms. The lowest BCUT2D eigenvalue weighted by atomic mass is 10.1. The van der Waals surface area contributed by atoms with Crippen molar-refractivity contribution >= 4 is 16.9 Å². The van der Waals surface area contributed by atoms with Gasteiger partial charge in [-0.1, -0.05) is 0 Å². The van der Waals surface area contributed by atoms with Gasteiger partial charge < -0.3 is 10.5 Å². The van der Waals surface area contributed by atoms with E-state index in [2.05, 4.69) is 9.97 Å². The van der Waals surface area contributed by atoms with Gasteiger partial charge in [-0.15, -0.1) is 0 Å². The molecule has 2 aromatic rings. The number of nitrogens with zero attached hydrogens (tertiary/aromatic N) is 2. The molecule has 0 radical (unpaired) electrons. The van der Waals surface area contributed by atoms with E-state index in [0.29, 0.717) is 5.52 Å². The number of halogens is 1. The lowest BCUT2D eigenvalue weighted by Gasteiger charge is -2.12. The Kier molecular flexibility index (Phi) is 2.40. The molecule has 1 aromatic carbocycles. The zero-order valence-corrected chi connectivity index (χ0v) is 9.19. The Morgan fingerprint density at radius 1 is 1.35 bits per heavy atom. The van der Waals surface area contributed by atoms with Gasteiger partial charge in [0.05, 0.1) is 11.2 Å². The van der Waals surface area contributed by atoms with E-state index in [-0.39, 0.29) is 17.9 Å². The molecule has 2 heterocycles. The van der Waals surface area contributed by atoms with Crippen LogP contribution in [0.25, 0.3) is 10.9 Å². The average molecular weight is 233 g/mol. The molecule has 88 valence electrons. The van der Waals surface area contributed by atoms with Crippen molar-refractivity contribution in [2.75, 3.05) is 12.3 Å². The normalized spacial score (nSPS) is 19.9. The summed E-state index contributed by atoms with van der Waals surface area (Å²) in [5, 5.41) is 0.813. The molecule has 5 heteroatoms. The van der Waals surface area contributed by atoms with Crippen molar-refractivity contribution in [1.82, 2.24) is 9.97 Å². The fraction of sp³-hybridized carbons (Fsp3) is 0.333. The van der Waals surface area contributed by atoms with Crippen LogP contribution in [-0.2, 0) is 4.74 Å². The second kappa shape index (κ2) is 3.92. The predicted octanol–water partition coefficient (Wildman–Crippen LogP) is 2.20. The van der Waals surface area contributed by atoms with E-state index in [9.17, 15) is 4.39 Å². The summed E-state index contributed by atoms with van der Waals surface area (Å²) in [7, 11) is 0. The second-order valence-electron chi connectivity index (χ2n) is 4.13. The summed E-state index contributed by atoms with van der Waals surface area (Å²) < 4.78 is 18.7. The third kappa shape index (κ3) is 1.82. The molecule has 3 rings (SSSR count). The van der Waals surface area contributed by atoms with Gasteiger partial charge in [-0.25, -0.2) is 14.4 Å².